The van der Waals surface area contributed by atoms with Gasteiger partial charge in [-0.3, -0.25) is 9.80 Å². The van der Waals surface area contributed by atoms with Gasteiger partial charge in [0.05, 0.1) is 18.0 Å². The predicted molar refractivity (Wildman–Crippen MR) is 130 cm³/mol. The lowest BCUT2D eigenvalue weighted by Gasteiger charge is -2.39. The Hall–Kier alpha value is -2.94. The van der Waals surface area contributed by atoms with E-state index in [1.807, 2.05) is 19.1 Å². The third-order valence-corrected chi connectivity index (χ3v) is 7.31. The summed E-state index contributed by atoms with van der Waals surface area (Å²) in [7, 11) is 1.68. The van der Waals surface area contributed by atoms with E-state index >= 15 is 0 Å². The average Bonchev–Trinajstić information content (AvgIpc) is 3.40. The Morgan fingerprint density at radius 1 is 1.06 bits per heavy atom. The van der Waals surface area contributed by atoms with Gasteiger partial charge < -0.3 is 9.84 Å². The quantitative estimate of drug-likeness (QED) is 0.447. The summed E-state index contributed by atoms with van der Waals surface area (Å²) in [5.41, 5.74) is 2.44. The molecule has 172 valence electrons. The first-order valence-electron chi connectivity index (χ1n) is 11.4. The van der Waals surface area contributed by atoms with Gasteiger partial charge in [-0.15, -0.1) is 5.10 Å². The van der Waals surface area contributed by atoms with Gasteiger partial charge in [-0.25, -0.2) is 4.98 Å². The number of aromatic nitrogens is 3. The van der Waals surface area contributed by atoms with Gasteiger partial charge in [0.1, 0.15) is 5.75 Å². The van der Waals surface area contributed by atoms with E-state index in [9.17, 15) is 5.11 Å². The Labute approximate surface area is 197 Å². The first kappa shape index (κ1) is 21.9. The summed E-state index contributed by atoms with van der Waals surface area (Å²) in [6, 6.07) is 18.7. The summed E-state index contributed by atoms with van der Waals surface area (Å²) in [6.45, 7) is 6.73. The van der Waals surface area contributed by atoms with Crippen LogP contribution in [0.15, 0.2) is 54.6 Å². The Balaban J connectivity index is 1.44. The first-order chi connectivity index (χ1) is 16.2. The second-order valence-electron chi connectivity index (χ2n) is 8.34. The molecule has 8 heteroatoms. The van der Waals surface area contributed by atoms with Crippen LogP contribution in [0.25, 0.3) is 4.96 Å². The van der Waals surface area contributed by atoms with Crippen LogP contribution in [-0.2, 0) is 13.0 Å². The number of thiazole rings is 1. The van der Waals surface area contributed by atoms with Crippen LogP contribution in [-0.4, -0.2) is 62.8 Å². The van der Waals surface area contributed by atoms with Crippen LogP contribution in [0, 0.1) is 0 Å². The van der Waals surface area contributed by atoms with E-state index in [1.54, 1.807) is 11.6 Å². The zero-order valence-electron chi connectivity index (χ0n) is 19.0. The number of aryl methyl sites for hydroxylation is 1. The number of nitrogens with zero attached hydrogens (tertiary/aromatic N) is 5. The minimum absolute atomic E-state index is 0.0856. The summed E-state index contributed by atoms with van der Waals surface area (Å²) in [4.78, 5) is 11.1. The predicted octanol–water partition coefficient (Wildman–Crippen LogP) is 3.97. The molecule has 5 rings (SSSR count). The van der Waals surface area contributed by atoms with Crippen molar-refractivity contribution < 1.29 is 9.84 Å². The summed E-state index contributed by atoms with van der Waals surface area (Å²) in [5, 5.41) is 15.6. The average molecular weight is 464 g/mol. The number of rotatable bonds is 7. The highest BCUT2D eigenvalue weighted by Gasteiger charge is 2.32. The fourth-order valence-corrected chi connectivity index (χ4v) is 5.62. The number of hydrogen-bond donors (Lipinski definition) is 1. The molecule has 0 bridgehead atoms. The fraction of sp³-hybridized carbons (Fsp3) is 0.360. The standard InChI is InChI=1S/C25H29N5O2S/c1-3-21-26-25-30(27-21)24(31)23(33-25)22(19-10-7-11-20(16-19)32-2)29-14-12-28(13-15-29)17-18-8-5-4-6-9-18/h4-11,16,22,31H,3,12-15,17H2,1-2H3. The number of hydrogen-bond acceptors (Lipinski definition) is 7. The van der Waals surface area contributed by atoms with Crippen LogP contribution < -0.4 is 4.74 Å². The number of fused-ring (bicyclic) bond motifs is 1. The molecule has 1 N–H and O–H groups in total. The van der Waals surface area contributed by atoms with Crippen molar-refractivity contribution in [2.75, 3.05) is 33.3 Å². The van der Waals surface area contributed by atoms with Gasteiger partial charge in [-0.1, -0.05) is 60.7 Å². The maximum atomic E-state index is 11.1. The van der Waals surface area contributed by atoms with Crippen molar-refractivity contribution in [3.05, 3.63) is 76.4 Å². The number of benzene rings is 2. The second kappa shape index (κ2) is 9.51. The van der Waals surface area contributed by atoms with E-state index in [2.05, 4.69) is 62.3 Å². The molecule has 2 aromatic carbocycles. The first-order valence-corrected chi connectivity index (χ1v) is 12.2. The molecule has 0 aliphatic carbocycles. The molecule has 1 atom stereocenters. The van der Waals surface area contributed by atoms with E-state index in [0.717, 1.165) is 66.1 Å². The highest BCUT2D eigenvalue weighted by atomic mass is 32.1. The Morgan fingerprint density at radius 2 is 1.85 bits per heavy atom. The lowest BCUT2D eigenvalue weighted by molar-refractivity contribution is 0.105. The SMILES string of the molecule is CCc1nc2sc(C(c3cccc(OC)c3)N3CCN(Cc4ccccc4)CC3)c(O)n2n1. The van der Waals surface area contributed by atoms with Crippen LogP contribution in [0.4, 0.5) is 0 Å². The van der Waals surface area contributed by atoms with E-state index < -0.39 is 0 Å². The topological polar surface area (TPSA) is 66.1 Å². The minimum atomic E-state index is -0.0856. The van der Waals surface area contributed by atoms with Crippen molar-refractivity contribution in [2.45, 2.75) is 25.9 Å². The normalized spacial score (nSPS) is 16.3. The molecule has 33 heavy (non-hydrogen) atoms. The molecular formula is C25H29N5O2S. The molecule has 1 aliphatic heterocycles. The lowest BCUT2D eigenvalue weighted by atomic mass is 10.0. The Kier molecular flexibility index (Phi) is 6.30. The monoisotopic (exact) mass is 463 g/mol. The molecule has 0 amide bonds. The van der Waals surface area contributed by atoms with Crippen molar-refractivity contribution in [3.8, 4) is 11.6 Å². The lowest BCUT2D eigenvalue weighted by Crippen LogP contribution is -2.47. The van der Waals surface area contributed by atoms with Crippen LogP contribution in [0.5, 0.6) is 11.6 Å². The molecular weight excluding hydrogens is 434 g/mol. The van der Waals surface area contributed by atoms with Crippen LogP contribution >= 0.6 is 11.3 Å². The molecule has 0 radical (unpaired) electrons. The van der Waals surface area contributed by atoms with E-state index in [-0.39, 0.29) is 11.9 Å². The smallest absolute Gasteiger partial charge is 0.230 e. The fourth-order valence-electron chi connectivity index (χ4n) is 4.48. The molecule has 3 heterocycles. The van der Waals surface area contributed by atoms with Gasteiger partial charge in [-0.2, -0.15) is 4.52 Å². The largest absolute Gasteiger partial charge is 0.497 e. The van der Waals surface area contributed by atoms with Gasteiger partial charge in [0, 0.05) is 39.1 Å². The van der Waals surface area contributed by atoms with Gasteiger partial charge in [0.25, 0.3) is 0 Å². The van der Waals surface area contributed by atoms with Gasteiger partial charge >= 0.3 is 0 Å². The summed E-state index contributed by atoms with van der Waals surface area (Å²) >= 11 is 1.52. The highest BCUT2D eigenvalue weighted by molar-refractivity contribution is 7.17. The van der Waals surface area contributed by atoms with Gasteiger partial charge in [-0.05, 0) is 23.3 Å². The molecule has 1 aliphatic rings. The van der Waals surface area contributed by atoms with Gasteiger partial charge in [0.15, 0.2) is 5.82 Å². The van der Waals surface area contributed by atoms with E-state index in [0.29, 0.717) is 0 Å². The minimum Gasteiger partial charge on any atom is -0.497 e. The van der Waals surface area contributed by atoms with Crippen LogP contribution in [0.1, 0.15) is 34.8 Å². The molecule has 0 spiro atoms. The van der Waals surface area contributed by atoms with Crippen molar-refractivity contribution in [3.63, 3.8) is 0 Å². The third kappa shape index (κ3) is 4.46. The molecule has 1 unspecified atom stereocenters. The Bertz CT molecular complexity index is 1210. The maximum Gasteiger partial charge on any atom is 0.230 e. The van der Waals surface area contributed by atoms with E-state index in [1.165, 1.54) is 16.9 Å². The summed E-state index contributed by atoms with van der Waals surface area (Å²) in [6.07, 6.45) is 0.742. The zero-order chi connectivity index (χ0) is 22.8. The summed E-state index contributed by atoms with van der Waals surface area (Å²) < 4.78 is 7.08. The number of aromatic hydroxyl groups is 1. The van der Waals surface area contributed by atoms with Crippen molar-refractivity contribution in [2.24, 2.45) is 0 Å². The molecule has 0 saturated carbocycles. The summed E-state index contributed by atoms with van der Waals surface area (Å²) in [5.74, 6) is 1.74. The Morgan fingerprint density at radius 3 is 2.55 bits per heavy atom. The molecule has 4 aromatic rings. The highest BCUT2D eigenvalue weighted by Crippen LogP contribution is 2.41. The van der Waals surface area contributed by atoms with Crippen molar-refractivity contribution in [1.29, 1.82) is 0 Å². The molecule has 2 aromatic heterocycles. The van der Waals surface area contributed by atoms with Crippen LogP contribution in [0.3, 0.4) is 0 Å². The third-order valence-electron chi connectivity index (χ3n) is 6.24. The van der Waals surface area contributed by atoms with Crippen molar-refractivity contribution in [1.82, 2.24) is 24.4 Å². The maximum absolute atomic E-state index is 11.1. The molecule has 1 fully saturated rings. The second-order valence-corrected chi connectivity index (χ2v) is 9.35. The van der Waals surface area contributed by atoms with Crippen LogP contribution in [0.2, 0.25) is 0 Å². The number of methoxy groups -OCH3 is 1. The zero-order valence-corrected chi connectivity index (χ0v) is 19.8. The molecule has 7 nitrogen and oxygen atoms in total. The number of piperazine rings is 1. The van der Waals surface area contributed by atoms with E-state index in [4.69, 9.17) is 4.74 Å². The van der Waals surface area contributed by atoms with Gasteiger partial charge in [0.2, 0.25) is 10.8 Å². The number of ether oxygens (including phenoxy) is 1. The molecule has 1 saturated heterocycles. The van der Waals surface area contributed by atoms with Crippen molar-refractivity contribution >= 4 is 16.3 Å².